The largest absolute Gasteiger partial charge is 0.476 e. The van der Waals surface area contributed by atoms with Crippen molar-refractivity contribution in [1.82, 2.24) is 0 Å². The molecule has 7 nitrogen and oxygen atoms in total. The standard InChI is InChI=1S/C18H15F2NO6/c19-11-6-7-13(16(20)15(11)17(21)24)27-14(12(23)8-22)9-26-18(25)10-4-2-1-3-5-10/h1-7,14,22H,8-9H2,(H2,21,24). The number of esters is 1. The Morgan fingerprint density at radius 3 is 2.33 bits per heavy atom. The third-order valence-electron chi connectivity index (χ3n) is 3.46. The fourth-order valence-corrected chi connectivity index (χ4v) is 2.11. The first-order chi connectivity index (χ1) is 12.8. The Morgan fingerprint density at radius 2 is 1.74 bits per heavy atom. The molecule has 9 heteroatoms. The molecule has 142 valence electrons. The van der Waals surface area contributed by atoms with Crippen molar-refractivity contribution in [1.29, 1.82) is 0 Å². The molecule has 0 saturated heterocycles. The molecular formula is C18H15F2NO6. The first-order valence-corrected chi connectivity index (χ1v) is 7.65. The number of aliphatic hydroxyl groups excluding tert-OH is 1. The Balaban J connectivity index is 2.18. The van der Waals surface area contributed by atoms with Crippen LogP contribution in [0.3, 0.4) is 0 Å². The fraction of sp³-hybridized carbons (Fsp3) is 0.167. The molecule has 1 atom stereocenters. The summed E-state index contributed by atoms with van der Waals surface area (Å²) < 4.78 is 37.8. The molecule has 0 radical (unpaired) electrons. The lowest BCUT2D eigenvalue weighted by atomic mass is 10.1. The van der Waals surface area contributed by atoms with Gasteiger partial charge in [0.1, 0.15) is 24.6 Å². The van der Waals surface area contributed by atoms with E-state index in [1.54, 1.807) is 18.2 Å². The quantitative estimate of drug-likeness (QED) is 0.667. The molecule has 27 heavy (non-hydrogen) atoms. The van der Waals surface area contributed by atoms with Crippen LogP contribution in [0.25, 0.3) is 0 Å². The average molecular weight is 379 g/mol. The summed E-state index contributed by atoms with van der Waals surface area (Å²) in [5.41, 5.74) is 4.08. The number of ether oxygens (including phenoxy) is 2. The predicted molar refractivity (Wildman–Crippen MR) is 88.1 cm³/mol. The first-order valence-electron chi connectivity index (χ1n) is 7.65. The van der Waals surface area contributed by atoms with E-state index in [4.69, 9.17) is 20.3 Å². The van der Waals surface area contributed by atoms with Gasteiger partial charge in [0.25, 0.3) is 5.91 Å². The molecule has 1 unspecified atom stereocenters. The second-order valence-electron chi connectivity index (χ2n) is 5.29. The highest BCUT2D eigenvalue weighted by atomic mass is 19.1. The van der Waals surface area contributed by atoms with E-state index in [2.05, 4.69) is 0 Å². The smallest absolute Gasteiger partial charge is 0.338 e. The molecule has 0 aromatic heterocycles. The average Bonchev–Trinajstić information content (AvgIpc) is 2.66. The Kier molecular flexibility index (Phi) is 6.56. The van der Waals surface area contributed by atoms with Crippen LogP contribution in [0.4, 0.5) is 8.78 Å². The van der Waals surface area contributed by atoms with Crippen molar-refractivity contribution in [3.8, 4) is 5.75 Å². The first kappa shape index (κ1) is 20.0. The predicted octanol–water partition coefficient (Wildman–Crippen LogP) is 1.23. The van der Waals surface area contributed by atoms with E-state index < -0.39 is 59.9 Å². The van der Waals surface area contributed by atoms with Gasteiger partial charge in [-0.05, 0) is 24.3 Å². The molecule has 0 fully saturated rings. The number of hydrogen-bond donors (Lipinski definition) is 2. The molecular weight excluding hydrogens is 364 g/mol. The Hall–Kier alpha value is -3.33. The molecule has 3 N–H and O–H groups in total. The van der Waals surface area contributed by atoms with E-state index in [9.17, 15) is 23.2 Å². The normalized spacial score (nSPS) is 11.5. The number of Topliss-reactive ketones (excluding diaryl/α,β-unsaturated/α-hetero) is 1. The van der Waals surface area contributed by atoms with E-state index in [0.29, 0.717) is 0 Å². The fourth-order valence-electron chi connectivity index (χ4n) is 2.11. The molecule has 0 spiro atoms. The van der Waals surface area contributed by atoms with Crippen LogP contribution in [0.15, 0.2) is 42.5 Å². The number of nitrogens with two attached hydrogens (primary N) is 1. The van der Waals surface area contributed by atoms with Crippen molar-refractivity contribution in [3.05, 3.63) is 65.2 Å². The number of halogens is 2. The van der Waals surface area contributed by atoms with Gasteiger partial charge in [-0.1, -0.05) is 18.2 Å². The molecule has 1 amide bonds. The minimum atomic E-state index is -1.58. The molecule has 0 bridgehead atoms. The van der Waals surface area contributed by atoms with Crippen LogP contribution < -0.4 is 10.5 Å². The zero-order valence-electron chi connectivity index (χ0n) is 13.9. The molecule has 0 saturated carbocycles. The number of carbonyl (C=O) groups excluding carboxylic acids is 3. The Labute approximate surface area is 152 Å². The summed E-state index contributed by atoms with van der Waals surface area (Å²) in [7, 11) is 0. The molecule has 0 aliphatic heterocycles. The number of carbonyl (C=O) groups is 3. The van der Waals surface area contributed by atoms with Crippen LogP contribution >= 0.6 is 0 Å². The van der Waals surface area contributed by atoms with Crippen molar-refractivity contribution < 1.29 is 37.7 Å². The van der Waals surface area contributed by atoms with E-state index in [1.165, 1.54) is 12.1 Å². The number of hydrogen-bond acceptors (Lipinski definition) is 6. The van der Waals surface area contributed by atoms with Crippen LogP contribution in [-0.2, 0) is 9.53 Å². The summed E-state index contributed by atoms with van der Waals surface area (Å²) in [6, 6.07) is 9.41. The van der Waals surface area contributed by atoms with Crippen LogP contribution in [0.1, 0.15) is 20.7 Å². The molecule has 2 aromatic carbocycles. The lowest BCUT2D eigenvalue weighted by Crippen LogP contribution is -2.35. The van der Waals surface area contributed by atoms with Crippen molar-refractivity contribution in [2.45, 2.75) is 6.10 Å². The Bertz CT molecular complexity index is 856. The van der Waals surface area contributed by atoms with Gasteiger partial charge in [0.2, 0.25) is 5.78 Å². The minimum absolute atomic E-state index is 0.205. The molecule has 0 aliphatic rings. The highest BCUT2D eigenvalue weighted by Gasteiger charge is 2.26. The molecule has 2 rings (SSSR count). The maximum Gasteiger partial charge on any atom is 0.338 e. The van der Waals surface area contributed by atoms with Crippen LogP contribution in [0.5, 0.6) is 5.75 Å². The van der Waals surface area contributed by atoms with Gasteiger partial charge in [0, 0.05) is 0 Å². The number of aliphatic hydroxyl groups is 1. The zero-order valence-corrected chi connectivity index (χ0v) is 13.9. The molecule has 2 aromatic rings. The van der Waals surface area contributed by atoms with Crippen LogP contribution in [-0.4, -0.2) is 42.1 Å². The van der Waals surface area contributed by atoms with Gasteiger partial charge >= 0.3 is 5.97 Å². The van der Waals surface area contributed by atoms with Gasteiger partial charge in [-0.2, -0.15) is 0 Å². The van der Waals surface area contributed by atoms with Gasteiger partial charge in [-0.15, -0.1) is 0 Å². The monoisotopic (exact) mass is 379 g/mol. The van der Waals surface area contributed by atoms with Crippen molar-refractivity contribution >= 4 is 17.7 Å². The maximum atomic E-state index is 14.2. The highest BCUT2D eigenvalue weighted by molar-refractivity contribution is 5.94. The third-order valence-corrected chi connectivity index (χ3v) is 3.46. The second kappa shape index (κ2) is 8.86. The summed E-state index contributed by atoms with van der Waals surface area (Å²) in [4.78, 5) is 34.9. The summed E-state index contributed by atoms with van der Waals surface area (Å²) in [5, 5.41) is 9.02. The number of rotatable bonds is 8. The summed E-state index contributed by atoms with van der Waals surface area (Å²) in [5.74, 6) is -6.32. The third kappa shape index (κ3) is 4.85. The topological polar surface area (TPSA) is 116 Å². The van der Waals surface area contributed by atoms with Gasteiger partial charge in [0.05, 0.1) is 5.56 Å². The molecule has 0 heterocycles. The number of benzene rings is 2. The van der Waals surface area contributed by atoms with Crippen molar-refractivity contribution in [2.75, 3.05) is 13.2 Å². The number of primary amides is 1. The number of amides is 1. The van der Waals surface area contributed by atoms with E-state index >= 15 is 0 Å². The van der Waals surface area contributed by atoms with Crippen molar-refractivity contribution in [3.63, 3.8) is 0 Å². The van der Waals surface area contributed by atoms with E-state index in [1.807, 2.05) is 0 Å². The van der Waals surface area contributed by atoms with Gasteiger partial charge < -0.3 is 20.3 Å². The lowest BCUT2D eigenvalue weighted by Gasteiger charge is -2.18. The van der Waals surface area contributed by atoms with Crippen molar-refractivity contribution in [2.24, 2.45) is 5.73 Å². The minimum Gasteiger partial charge on any atom is -0.476 e. The van der Waals surface area contributed by atoms with Crippen LogP contribution in [0, 0.1) is 11.6 Å². The van der Waals surface area contributed by atoms with Crippen LogP contribution in [0.2, 0.25) is 0 Å². The summed E-state index contributed by atoms with van der Waals surface area (Å²) in [6.45, 7) is -1.62. The summed E-state index contributed by atoms with van der Waals surface area (Å²) in [6.07, 6.45) is -1.58. The second-order valence-corrected chi connectivity index (χ2v) is 5.29. The van der Waals surface area contributed by atoms with Gasteiger partial charge in [0.15, 0.2) is 17.7 Å². The van der Waals surface area contributed by atoms with Gasteiger partial charge in [-0.25, -0.2) is 13.6 Å². The highest BCUT2D eigenvalue weighted by Crippen LogP contribution is 2.24. The molecule has 0 aliphatic carbocycles. The Morgan fingerprint density at radius 1 is 1.07 bits per heavy atom. The summed E-state index contributed by atoms with van der Waals surface area (Å²) >= 11 is 0. The van der Waals surface area contributed by atoms with E-state index in [0.717, 1.165) is 12.1 Å². The SMILES string of the molecule is NC(=O)c1c(F)ccc(OC(COC(=O)c2ccccc2)C(=O)CO)c1F. The zero-order chi connectivity index (χ0) is 20.0. The van der Waals surface area contributed by atoms with E-state index in [-0.39, 0.29) is 5.56 Å². The lowest BCUT2D eigenvalue weighted by molar-refractivity contribution is -0.130. The van der Waals surface area contributed by atoms with Gasteiger partial charge in [-0.3, -0.25) is 9.59 Å². The maximum absolute atomic E-state index is 14.2. The number of ketones is 1.